The van der Waals surface area contributed by atoms with Gasteiger partial charge < -0.3 is 14.6 Å². The number of nitrogens with zero attached hydrogens (tertiary/aromatic N) is 1. The third-order valence-electron chi connectivity index (χ3n) is 4.90. The molecule has 0 spiro atoms. The lowest BCUT2D eigenvalue weighted by Crippen LogP contribution is -2.32. The van der Waals surface area contributed by atoms with Crippen LogP contribution in [0.1, 0.15) is 18.4 Å². The van der Waals surface area contributed by atoms with E-state index in [1.54, 1.807) is 12.1 Å². The lowest BCUT2D eigenvalue weighted by Gasteiger charge is -2.10. The first kappa shape index (κ1) is 19.0. The molecule has 1 aliphatic rings. The number of rotatable bonds is 7. The van der Waals surface area contributed by atoms with Crippen LogP contribution in [0.4, 0.5) is 4.39 Å². The Hall–Kier alpha value is -2.31. The maximum atomic E-state index is 13.5. The number of nitrogens with one attached hydrogen (secondary N) is 1. The Bertz CT molecular complexity index is 966. The van der Waals surface area contributed by atoms with Gasteiger partial charge in [-0.25, -0.2) is 4.39 Å². The molecule has 1 amide bonds. The maximum absolute atomic E-state index is 13.5. The quantitative estimate of drug-likeness (QED) is 0.606. The van der Waals surface area contributed by atoms with E-state index in [1.165, 1.54) is 17.8 Å². The lowest BCUT2D eigenvalue weighted by molar-refractivity contribution is -0.119. The van der Waals surface area contributed by atoms with Crippen LogP contribution in [-0.2, 0) is 16.1 Å². The normalized spacial score (nSPS) is 16.5. The van der Waals surface area contributed by atoms with Crippen LogP contribution in [-0.4, -0.2) is 35.5 Å². The highest BCUT2D eigenvalue weighted by molar-refractivity contribution is 8.00. The van der Waals surface area contributed by atoms with Crippen LogP contribution in [0.25, 0.3) is 10.9 Å². The zero-order valence-corrected chi connectivity index (χ0v) is 16.4. The summed E-state index contributed by atoms with van der Waals surface area (Å²) in [6.07, 6.45) is 4.29. The molecule has 28 heavy (non-hydrogen) atoms. The molecular weight excluding hydrogens is 375 g/mol. The summed E-state index contributed by atoms with van der Waals surface area (Å²) in [5.74, 6) is 0.148. The molecular formula is C22H23FN2O2S. The molecule has 4 nitrogen and oxygen atoms in total. The standard InChI is InChI=1S/C22H23FN2O2S/c23-17-6-3-5-16(11-17)13-25-14-21(19-8-1-2-9-20(19)25)28-15-22(26)24-12-18-7-4-10-27-18/h1-3,5-6,8-9,11,14,18H,4,7,10,12-13,15H2,(H,24,26)/t18-/m1/s1. The maximum Gasteiger partial charge on any atom is 0.230 e. The Kier molecular flexibility index (Phi) is 5.98. The van der Waals surface area contributed by atoms with Gasteiger partial charge in [0.2, 0.25) is 5.91 Å². The second-order valence-corrected chi connectivity index (χ2v) is 8.01. The van der Waals surface area contributed by atoms with Crippen LogP contribution in [0.3, 0.4) is 0 Å². The van der Waals surface area contributed by atoms with Gasteiger partial charge in [-0.15, -0.1) is 11.8 Å². The van der Waals surface area contributed by atoms with E-state index in [9.17, 15) is 9.18 Å². The van der Waals surface area contributed by atoms with E-state index in [4.69, 9.17) is 4.74 Å². The molecule has 0 radical (unpaired) electrons. The first-order valence-corrected chi connectivity index (χ1v) is 10.5. The molecule has 4 rings (SSSR count). The van der Waals surface area contributed by atoms with Crippen molar-refractivity contribution in [3.63, 3.8) is 0 Å². The Balaban J connectivity index is 1.44. The highest BCUT2D eigenvalue weighted by Gasteiger charge is 2.16. The van der Waals surface area contributed by atoms with Crippen molar-refractivity contribution in [3.8, 4) is 0 Å². The minimum absolute atomic E-state index is 0.0162. The number of aromatic nitrogens is 1. The average Bonchev–Trinajstić information content (AvgIpc) is 3.33. The highest BCUT2D eigenvalue weighted by Crippen LogP contribution is 2.30. The van der Waals surface area contributed by atoms with Crippen molar-refractivity contribution in [2.24, 2.45) is 0 Å². The molecule has 0 unspecified atom stereocenters. The highest BCUT2D eigenvalue weighted by atomic mass is 32.2. The van der Waals surface area contributed by atoms with Gasteiger partial charge in [-0.1, -0.05) is 30.3 Å². The predicted octanol–water partition coefficient (Wildman–Crippen LogP) is 4.22. The number of carbonyl (C=O) groups is 1. The largest absolute Gasteiger partial charge is 0.376 e. The third-order valence-corrected chi connectivity index (χ3v) is 5.95. The van der Waals surface area contributed by atoms with Gasteiger partial charge in [-0.2, -0.15) is 0 Å². The fourth-order valence-corrected chi connectivity index (χ4v) is 4.44. The van der Waals surface area contributed by atoms with E-state index in [2.05, 4.69) is 22.0 Å². The monoisotopic (exact) mass is 398 g/mol. The molecule has 1 atom stereocenters. The number of amides is 1. The summed E-state index contributed by atoms with van der Waals surface area (Å²) in [4.78, 5) is 13.3. The number of fused-ring (bicyclic) bond motifs is 1. The summed E-state index contributed by atoms with van der Waals surface area (Å²) in [7, 11) is 0. The lowest BCUT2D eigenvalue weighted by atomic mass is 10.2. The Morgan fingerprint density at radius 1 is 1.25 bits per heavy atom. The van der Waals surface area contributed by atoms with Gasteiger partial charge in [-0.05, 0) is 36.6 Å². The van der Waals surface area contributed by atoms with Gasteiger partial charge in [0.1, 0.15) is 5.82 Å². The van der Waals surface area contributed by atoms with Crippen LogP contribution < -0.4 is 5.32 Å². The smallest absolute Gasteiger partial charge is 0.230 e. The summed E-state index contributed by atoms with van der Waals surface area (Å²) in [5.41, 5.74) is 1.99. The Morgan fingerprint density at radius 2 is 2.14 bits per heavy atom. The minimum atomic E-state index is -0.230. The number of hydrogen-bond donors (Lipinski definition) is 1. The molecule has 0 aliphatic carbocycles. The fourth-order valence-electron chi connectivity index (χ4n) is 3.52. The molecule has 0 saturated carbocycles. The van der Waals surface area contributed by atoms with Gasteiger partial charge in [-0.3, -0.25) is 4.79 Å². The number of para-hydroxylation sites is 1. The molecule has 1 fully saturated rings. The minimum Gasteiger partial charge on any atom is -0.376 e. The molecule has 146 valence electrons. The zero-order chi connectivity index (χ0) is 19.3. The van der Waals surface area contributed by atoms with E-state index in [0.29, 0.717) is 18.8 Å². The molecule has 1 saturated heterocycles. The van der Waals surface area contributed by atoms with Crippen molar-refractivity contribution in [1.82, 2.24) is 9.88 Å². The fraction of sp³-hybridized carbons (Fsp3) is 0.318. The van der Waals surface area contributed by atoms with Crippen LogP contribution >= 0.6 is 11.8 Å². The molecule has 1 N–H and O–H groups in total. The SMILES string of the molecule is O=C(CSc1cn(Cc2cccc(F)c2)c2ccccc12)NC[C@H]1CCCO1. The van der Waals surface area contributed by atoms with Crippen molar-refractivity contribution in [2.45, 2.75) is 30.4 Å². The topological polar surface area (TPSA) is 43.3 Å². The van der Waals surface area contributed by atoms with Gasteiger partial charge in [0.05, 0.1) is 11.9 Å². The summed E-state index contributed by atoms with van der Waals surface area (Å²) >= 11 is 1.53. The van der Waals surface area contributed by atoms with Crippen LogP contribution in [0.5, 0.6) is 0 Å². The third kappa shape index (κ3) is 4.56. The first-order chi connectivity index (χ1) is 13.7. The molecule has 2 aromatic carbocycles. The summed E-state index contributed by atoms with van der Waals surface area (Å²) in [5, 5.41) is 4.07. The number of thioether (sulfide) groups is 1. The van der Waals surface area contributed by atoms with Crippen molar-refractivity contribution < 1.29 is 13.9 Å². The second-order valence-electron chi connectivity index (χ2n) is 7.00. The molecule has 0 bridgehead atoms. The number of hydrogen-bond acceptors (Lipinski definition) is 3. The van der Waals surface area contributed by atoms with Gasteiger partial charge in [0.15, 0.2) is 0 Å². The van der Waals surface area contributed by atoms with E-state index < -0.39 is 0 Å². The van der Waals surface area contributed by atoms with Crippen LogP contribution in [0.15, 0.2) is 59.6 Å². The first-order valence-electron chi connectivity index (χ1n) is 9.52. The molecule has 1 aliphatic heterocycles. The van der Waals surface area contributed by atoms with E-state index in [1.807, 2.05) is 24.4 Å². The number of halogens is 1. The van der Waals surface area contributed by atoms with Crippen LogP contribution in [0.2, 0.25) is 0 Å². The Morgan fingerprint density at radius 3 is 2.96 bits per heavy atom. The van der Waals surface area contributed by atoms with Crippen molar-refractivity contribution in [1.29, 1.82) is 0 Å². The van der Waals surface area contributed by atoms with Crippen molar-refractivity contribution in [2.75, 3.05) is 18.9 Å². The number of ether oxygens (including phenoxy) is 1. The van der Waals surface area contributed by atoms with E-state index in [-0.39, 0.29) is 17.8 Å². The average molecular weight is 399 g/mol. The zero-order valence-electron chi connectivity index (χ0n) is 15.6. The number of benzene rings is 2. The molecule has 1 aromatic heterocycles. The summed E-state index contributed by atoms with van der Waals surface area (Å²) in [6.45, 7) is 1.96. The molecule has 3 aromatic rings. The van der Waals surface area contributed by atoms with Crippen LogP contribution in [0, 0.1) is 5.82 Å². The van der Waals surface area contributed by atoms with Crippen molar-refractivity contribution in [3.05, 3.63) is 66.1 Å². The van der Waals surface area contributed by atoms with Gasteiger partial charge in [0.25, 0.3) is 0 Å². The van der Waals surface area contributed by atoms with Gasteiger partial charge in [0, 0.05) is 41.7 Å². The van der Waals surface area contributed by atoms with Gasteiger partial charge >= 0.3 is 0 Å². The molecule has 2 heterocycles. The summed E-state index contributed by atoms with van der Waals surface area (Å²) in [6, 6.07) is 14.8. The van der Waals surface area contributed by atoms with E-state index in [0.717, 1.165) is 40.8 Å². The Labute approximate surface area is 168 Å². The second kappa shape index (κ2) is 8.80. The molecule has 6 heteroatoms. The van der Waals surface area contributed by atoms with E-state index >= 15 is 0 Å². The number of carbonyl (C=O) groups excluding carboxylic acids is 1. The predicted molar refractivity (Wildman–Crippen MR) is 110 cm³/mol. The summed E-state index contributed by atoms with van der Waals surface area (Å²) < 4.78 is 21.2. The van der Waals surface area contributed by atoms with Crippen molar-refractivity contribution >= 4 is 28.6 Å².